The Morgan fingerprint density at radius 1 is 1.33 bits per heavy atom. The Labute approximate surface area is 139 Å². The SMILES string of the molecule is COc1ccc(C(=O)CCC(=O)N2CCCC2CC(=O)O)cc1F. The molecule has 1 atom stereocenters. The van der Waals surface area contributed by atoms with E-state index in [-0.39, 0.29) is 48.3 Å². The van der Waals surface area contributed by atoms with Gasteiger partial charge in [-0.3, -0.25) is 14.4 Å². The van der Waals surface area contributed by atoms with Gasteiger partial charge in [0, 0.05) is 31.0 Å². The Bertz CT molecular complexity index is 646. The molecule has 7 heteroatoms. The third-order valence-electron chi connectivity index (χ3n) is 4.15. The molecule has 1 N–H and O–H groups in total. The number of hydrogen-bond donors (Lipinski definition) is 1. The summed E-state index contributed by atoms with van der Waals surface area (Å²) < 4.78 is 18.4. The van der Waals surface area contributed by atoms with Gasteiger partial charge in [0.2, 0.25) is 5.91 Å². The molecule has 1 aromatic carbocycles. The summed E-state index contributed by atoms with van der Waals surface area (Å²) in [5.74, 6) is -2.09. The number of carboxylic acid groups (broad SMARTS) is 1. The molecule has 1 heterocycles. The van der Waals surface area contributed by atoms with Gasteiger partial charge in [-0.2, -0.15) is 0 Å². The number of amides is 1. The minimum Gasteiger partial charge on any atom is -0.494 e. The molecule has 0 aromatic heterocycles. The molecule has 1 aromatic rings. The van der Waals surface area contributed by atoms with Crippen molar-refractivity contribution in [2.24, 2.45) is 0 Å². The molecule has 0 radical (unpaired) electrons. The number of halogens is 1. The molecule has 1 aliphatic rings. The summed E-state index contributed by atoms with van der Waals surface area (Å²) in [4.78, 5) is 36.7. The first-order chi connectivity index (χ1) is 11.4. The molecule has 0 saturated carbocycles. The van der Waals surface area contributed by atoms with E-state index in [9.17, 15) is 18.8 Å². The number of hydrogen-bond acceptors (Lipinski definition) is 4. The Kier molecular flexibility index (Phi) is 5.89. The van der Waals surface area contributed by atoms with E-state index in [1.807, 2.05) is 0 Å². The fraction of sp³-hybridized carbons (Fsp3) is 0.471. The van der Waals surface area contributed by atoms with Crippen molar-refractivity contribution in [1.29, 1.82) is 0 Å². The molecule has 0 spiro atoms. The van der Waals surface area contributed by atoms with E-state index >= 15 is 0 Å². The van der Waals surface area contributed by atoms with Crippen molar-refractivity contribution in [2.75, 3.05) is 13.7 Å². The van der Waals surface area contributed by atoms with Crippen LogP contribution in [0, 0.1) is 5.82 Å². The molecule has 6 nitrogen and oxygen atoms in total. The number of carboxylic acids is 1. The number of aliphatic carboxylic acids is 1. The second-order valence-electron chi connectivity index (χ2n) is 5.75. The van der Waals surface area contributed by atoms with Crippen molar-refractivity contribution >= 4 is 17.7 Å². The first-order valence-electron chi connectivity index (χ1n) is 7.80. The highest BCUT2D eigenvalue weighted by atomic mass is 19.1. The molecule has 1 amide bonds. The van der Waals surface area contributed by atoms with E-state index in [2.05, 4.69) is 0 Å². The average molecular weight is 337 g/mol. The zero-order chi connectivity index (χ0) is 17.7. The highest BCUT2D eigenvalue weighted by Crippen LogP contribution is 2.22. The first-order valence-corrected chi connectivity index (χ1v) is 7.80. The summed E-state index contributed by atoms with van der Waals surface area (Å²) in [5, 5.41) is 8.87. The van der Waals surface area contributed by atoms with Crippen LogP contribution in [0.4, 0.5) is 4.39 Å². The molecule has 1 fully saturated rings. The quantitative estimate of drug-likeness (QED) is 0.772. The van der Waals surface area contributed by atoms with Crippen LogP contribution in [0.2, 0.25) is 0 Å². The van der Waals surface area contributed by atoms with Crippen molar-refractivity contribution in [3.05, 3.63) is 29.6 Å². The fourth-order valence-electron chi connectivity index (χ4n) is 2.93. The minimum atomic E-state index is -0.940. The topological polar surface area (TPSA) is 83.9 Å². The van der Waals surface area contributed by atoms with Crippen LogP contribution in [-0.4, -0.2) is 47.4 Å². The zero-order valence-corrected chi connectivity index (χ0v) is 13.5. The predicted molar refractivity (Wildman–Crippen MR) is 83.5 cm³/mol. The Balaban J connectivity index is 1.92. The number of rotatable bonds is 7. The van der Waals surface area contributed by atoms with Gasteiger partial charge >= 0.3 is 5.97 Å². The predicted octanol–water partition coefficient (Wildman–Crippen LogP) is 2.26. The van der Waals surface area contributed by atoms with Crippen LogP contribution in [0.5, 0.6) is 5.75 Å². The van der Waals surface area contributed by atoms with E-state index in [4.69, 9.17) is 9.84 Å². The van der Waals surface area contributed by atoms with Crippen LogP contribution in [0.1, 0.15) is 42.5 Å². The highest BCUT2D eigenvalue weighted by Gasteiger charge is 2.30. The van der Waals surface area contributed by atoms with Gasteiger partial charge < -0.3 is 14.7 Å². The summed E-state index contributed by atoms with van der Waals surface area (Å²) in [6.07, 6.45) is 1.30. The van der Waals surface area contributed by atoms with Crippen molar-refractivity contribution < 1.29 is 28.6 Å². The van der Waals surface area contributed by atoms with Gasteiger partial charge in [-0.15, -0.1) is 0 Å². The van der Waals surface area contributed by atoms with Crippen LogP contribution < -0.4 is 4.74 Å². The molecule has 1 saturated heterocycles. The number of nitrogens with zero attached hydrogens (tertiary/aromatic N) is 1. The molecule has 0 bridgehead atoms. The second-order valence-corrected chi connectivity index (χ2v) is 5.75. The summed E-state index contributed by atoms with van der Waals surface area (Å²) in [7, 11) is 1.34. The van der Waals surface area contributed by atoms with E-state index in [1.165, 1.54) is 24.1 Å². The number of likely N-dealkylation sites (tertiary alicyclic amines) is 1. The lowest BCUT2D eigenvalue weighted by atomic mass is 10.1. The number of benzene rings is 1. The lowest BCUT2D eigenvalue weighted by Crippen LogP contribution is -2.36. The zero-order valence-electron chi connectivity index (χ0n) is 13.5. The molecular weight excluding hydrogens is 317 g/mol. The van der Waals surface area contributed by atoms with Gasteiger partial charge in [-0.1, -0.05) is 0 Å². The third-order valence-corrected chi connectivity index (χ3v) is 4.15. The minimum absolute atomic E-state index is 0.0113. The largest absolute Gasteiger partial charge is 0.494 e. The Morgan fingerprint density at radius 2 is 2.08 bits per heavy atom. The molecule has 24 heavy (non-hydrogen) atoms. The smallest absolute Gasteiger partial charge is 0.305 e. The van der Waals surface area contributed by atoms with Crippen LogP contribution >= 0.6 is 0 Å². The second kappa shape index (κ2) is 7.90. The Morgan fingerprint density at radius 3 is 2.71 bits per heavy atom. The maximum absolute atomic E-state index is 13.6. The van der Waals surface area contributed by atoms with Crippen LogP contribution in [0.3, 0.4) is 0 Å². The van der Waals surface area contributed by atoms with Crippen LogP contribution in [-0.2, 0) is 9.59 Å². The van der Waals surface area contributed by atoms with E-state index < -0.39 is 11.8 Å². The van der Waals surface area contributed by atoms with Gasteiger partial charge in [0.25, 0.3) is 0 Å². The summed E-state index contributed by atoms with van der Waals surface area (Å²) in [5.41, 5.74) is 0.185. The number of Topliss-reactive ketones (excluding diaryl/α,β-unsaturated/α-hetero) is 1. The van der Waals surface area contributed by atoms with Crippen LogP contribution in [0.15, 0.2) is 18.2 Å². The monoisotopic (exact) mass is 337 g/mol. The molecular formula is C17H20FNO5. The van der Waals surface area contributed by atoms with Gasteiger partial charge in [0.05, 0.1) is 13.5 Å². The summed E-state index contributed by atoms with van der Waals surface area (Å²) in [6.45, 7) is 0.516. The standard InChI is InChI=1S/C17H20FNO5/c1-24-15-6-4-11(9-13(15)18)14(20)5-7-16(21)19-8-2-3-12(19)10-17(22)23/h4,6,9,12H,2-3,5,7-8,10H2,1H3,(H,22,23). The van der Waals surface area contributed by atoms with Gasteiger partial charge in [-0.05, 0) is 31.0 Å². The number of ether oxygens (including phenoxy) is 1. The van der Waals surface area contributed by atoms with Gasteiger partial charge in [0.15, 0.2) is 17.3 Å². The molecule has 130 valence electrons. The number of carbonyl (C=O) groups excluding carboxylic acids is 2. The van der Waals surface area contributed by atoms with E-state index in [1.54, 1.807) is 0 Å². The highest BCUT2D eigenvalue weighted by molar-refractivity contribution is 5.98. The van der Waals surface area contributed by atoms with Crippen molar-refractivity contribution in [3.63, 3.8) is 0 Å². The van der Waals surface area contributed by atoms with Crippen molar-refractivity contribution in [3.8, 4) is 5.75 Å². The van der Waals surface area contributed by atoms with Crippen LogP contribution in [0.25, 0.3) is 0 Å². The lowest BCUT2D eigenvalue weighted by molar-refractivity contribution is -0.139. The number of methoxy groups -OCH3 is 1. The van der Waals surface area contributed by atoms with E-state index in [0.29, 0.717) is 13.0 Å². The van der Waals surface area contributed by atoms with Crippen molar-refractivity contribution in [2.45, 2.75) is 38.1 Å². The molecule has 2 rings (SSSR count). The van der Waals surface area contributed by atoms with Crippen molar-refractivity contribution in [1.82, 2.24) is 4.90 Å². The molecule has 0 aliphatic carbocycles. The first kappa shape index (κ1) is 17.9. The Hall–Kier alpha value is -2.44. The maximum Gasteiger partial charge on any atom is 0.305 e. The molecule has 1 aliphatic heterocycles. The third kappa shape index (κ3) is 4.31. The number of carbonyl (C=O) groups is 3. The number of ketones is 1. The maximum atomic E-state index is 13.6. The van der Waals surface area contributed by atoms with Gasteiger partial charge in [-0.25, -0.2) is 4.39 Å². The fourth-order valence-corrected chi connectivity index (χ4v) is 2.93. The van der Waals surface area contributed by atoms with E-state index in [0.717, 1.165) is 12.5 Å². The normalized spacial score (nSPS) is 16.9. The van der Waals surface area contributed by atoms with Gasteiger partial charge in [0.1, 0.15) is 0 Å². The molecule has 1 unspecified atom stereocenters. The summed E-state index contributed by atoms with van der Waals surface area (Å²) >= 11 is 0. The summed E-state index contributed by atoms with van der Waals surface area (Å²) in [6, 6.07) is 3.61. The lowest BCUT2D eigenvalue weighted by Gasteiger charge is -2.23. The average Bonchev–Trinajstić information content (AvgIpc) is 2.99.